The number of benzene rings is 1. The predicted molar refractivity (Wildman–Crippen MR) is 112 cm³/mol. The van der Waals surface area contributed by atoms with Gasteiger partial charge in [0.15, 0.2) is 0 Å². The van der Waals surface area contributed by atoms with E-state index in [9.17, 15) is 9.59 Å². The van der Waals surface area contributed by atoms with E-state index in [1.807, 2.05) is 35.2 Å². The van der Waals surface area contributed by atoms with E-state index in [0.29, 0.717) is 24.9 Å². The highest BCUT2D eigenvalue weighted by Gasteiger charge is 2.37. The summed E-state index contributed by atoms with van der Waals surface area (Å²) in [4.78, 5) is 30.0. The molecule has 5 nitrogen and oxygen atoms in total. The number of amides is 2. The zero-order chi connectivity index (χ0) is 19.9. The van der Waals surface area contributed by atoms with Gasteiger partial charge in [-0.3, -0.25) is 14.5 Å². The van der Waals surface area contributed by atoms with Gasteiger partial charge >= 0.3 is 0 Å². The first kappa shape index (κ1) is 20.8. The summed E-state index contributed by atoms with van der Waals surface area (Å²) in [6.07, 6.45) is 5.82. The van der Waals surface area contributed by atoms with Gasteiger partial charge in [-0.1, -0.05) is 51.3 Å². The van der Waals surface area contributed by atoms with E-state index in [2.05, 4.69) is 24.1 Å². The van der Waals surface area contributed by atoms with Crippen LogP contribution in [-0.2, 0) is 4.79 Å². The Morgan fingerprint density at radius 1 is 1.07 bits per heavy atom. The number of hydrogen-bond donors (Lipinski definition) is 1. The van der Waals surface area contributed by atoms with Gasteiger partial charge in [-0.15, -0.1) is 0 Å². The molecular formula is C23H35N3O2. The Bertz CT molecular complexity index is 635. The molecular weight excluding hydrogens is 350 g/mol. The molecule has 0 aromatic heterocycles. The molecule has 1 aliphatic carbocycles. The minimum atomic E-state index is -0.0412. The summed E-state index contributed by atoms with van der Waals surface area (Å²) in [5.74, 6) is 1.25. The molecule has 2 atom stereocenters. The van der Waals surface area contributed by atoms with E-state index in [-0.39, 0.29) is 17.9 Å². The summed E-state index contributed by atoms with van der Waals surface area (Å²) in [6, 6.07) is 9.44. The summed E-state index contributed by atoms with van der Waals surface area (Å²) in [6.45, 7) is 8.02. The van der Waals surface area contributed by atoms with Crippen molar-refractivity contribution in [3.8, 4) is 0 Å². The monoisotopic (exact) mass is 385 g/mol. The number of nitrogens with one attached hydrogen (secondary N) is 1. The molecule has 2 aliphatic rings. The van der Waals surface area contributed by atoms with Crippen LogP contribution in [0, 0.1) is 11.8 Å². The van der Waals surface area contributed by atoms with E-state index in [1.165, 1.54) is 12.8 Å². The van der Waals surface area contributed by atoms with Gasteiger partial charge in [0.25, 0.3) is 5.91 Å². The van der Waals surface area contributed by atoms with Gasteiger partial charge < -0.3 is 10.2 Å². The first-order valence-electron chi connectivity index (χ1n) is 11.0. The smallest absolute Gasteiger partial charge is 0.253 e. The maximum Gasteiger partial charge on any atom is 0.253 e. The van der Waals surface area contributed by atoms with Gasteiger partial charge in [0, 0.05) is 38.3 Å². The molecule has 2 amide bonds. The van der Waals surface area contributed by atoms with Crippen LogP contribution in [0.1, 0.15) is 56.3 Å². The fourth-order valence-corrected chi connectivity index (χ4v) is 4.44. The normalized spacial score (nSPS) is 20.7. The van der Waals surface area contributed by atoms with E-state index < -0.39 is 0 Å². The fourth-order valence-electron chi connectivity index (χ4n) is 4.44. The van der Waals surface area contributed by atoms with E-state index in [4.69, 9.17) is 0 Å². The Morgan fingerprint density at radius 3 is 2.32 bits per heavy atom. The molecule has 1 aromatic carbocycles. The Kier molecular flexibility index (Phi) is 7.49. The van der Waals surface area contributed by atoms with E-state index >= 15 is 0 Å². The maximum absolute atomic E-state index is 13.1. The molecule has 1 saturated heterocycles. The molecule has 3 rings (SSSR count). The molecule has 1 saturated carbocycles. The maximum atomic E-state index is 13.1. The molecule has 1 aliphatic heterocycles. The van der Waals surface area contributed by atoms with Gasteiger partial charge in [0.2, 0.25) is 5.91 Å². The average molecular weight is 386 g/mol. The quantitative estimate of drug-likeness (QED) is 0.784. The van der Waals surface area contributed by atoms with Crippen molar-refractivity contribution in [1.82, 2.24) is 15.1 Å². The average Bonchev–Trinajstić information content (AvgIpc) is 3.27. The van der Waals surface area contributed by atoms with Crippen molar-refractivity contribution < 1.29 is 9.59 Å². The highest BCUT2D eigenvalue weighted by atomic mass is 16.2. The Labute approximate surface area is 169 Å². The van der Waals surface area contributed by atoms with Crippen molar-refractivity contribution in [1.29, 1.82) is 0 Å². The second kappa shape index (κ2) is 10.1. The first-order chi connectivity index (χ1) is 13.6. The lowest BCUT2D eigenvalue weighted by Crippen LogP contribution is -2.58. The van der Waals surface area contributed by atoms with Crippen molar-refractivity contribution in [2.24, 2.45) is 11.8 Å². The van der Waals surface area contributed by atoms with E-state index in [0.717, 1.165) is 44.5 Å². The van der Waals surface area contributed by atoms with Crippen LogP contribution in [0.25, 0.3) is 0 Å². The molecule has 2 fully saturated rings. The standard InChI is InChI=1S/C23H35N3O2/c1-3-18(2)17-24-22(27)21(19-9-7-8-10-19)25-13-15-26(16-14-25)23(28)20-11-5-4-6-12-20/h4-6,11-12,18-19,21H,3,7-10,13-17H2,1-2H3,(H,24,27). The molecule has 0 radical (unpaired) electrons. The van der Waals surface area contributed by atoms with Gasteiger partial charge in [-0.25, -0.2) is 0 Å². The van der Waals surface area contributed by atoms with Crippen molar-refractivity contribution >= 4 is 11.8 Å². The van der Waals surface area contributed by atoms with Crippen molar-refractivity contribution in [3.05, 3.63) is 35.9 Å². The van der Waals surface area contributed by atoms with Crippen molar-refractivity contribution in [2.75, 3.05) is 32.7 Å². The van der Waals surface area contributed by atoms with Crippen LogP contribution >= 0.6 is 0 Å². The highest BCUT2D eigenvalue weighted by molar-refractivity contribution is 5.94. The van der Waals surface area contributed by atoms with Crippen molar-refractivity contribution in [2.45, 2.75) is 52.0 Å². The molecule has 1 heterocycles. The summed E-state index contributed by atoms with van der Waals surface area (Å²) in [5, 5.41) is 3.21. The molecule has 2 unspecified atom stereocenters. The summed E-state index contributed by atoms with van der Waals surface area (Å²) in [7, 11) is 0. The fraction of sp³-hybridized carbons (Fsp3) is 0.652. The number of rotatable bonds is 7. The van der Waals surface area contributed by atoms with Crippen LogP contribution < -0.4 is 5.32 Å². The highest BCUT2D eigenvalue weighted by Crippen LogP contribution is 2.31. The number of carbonyl (C=O) groups excluding carboxylic acids is 2. The minimum absolute atomic E-state index is 0.0412. The van der Waals surface area contributed by atoms with Gasteiger partial charge in [0.1, 0.15) is 0 Å². The van der Waals surface area contributed by atoms with Gasteiger partial charge in [0.05, 0.1) is 6.04 Å². The van der Waals surface area contributed by atoms with Crippen LogP contribution in [0.4, 0.5) is 0 Å². The molecule has 154 valence electrons. The Balaban J connectivity index is 1.60. The van der Waals surface area contributed by atoms with Crippen LogP contribution in [0.5, 0.6) is 0 Å². The molecule has 28 heavy (non-hydrogen) atoms. The van der Waals surface area contributed by atoms with E-state index in [1.54, 1.807) is 0 Å². The SMILES string of the molecule is CCC(C)CNC(=O)C(C1CCCC1)N1CCN(C(=O)c2ccccc2)CC1. The molecule has 5 heteroatoms. The minimum Gasteiger partial charge on any atom is -0.354 e. The second-order valence-corrected chi connectivity index (χ2v) is 8.44. The zero-order valence-corrected chi connectivity index (χ0v) is 17.4. The summed E-state index contributed by atoms with van der Waals surface area (Å²) < 4.78 is 0. The Hall–Kier alpha value is -1.88. The lowest BCUT2D eigenvalue weighted by atomic mass is 9.94. The van der Waals surface area contributed by atoms with Gasteiger partial charge in [-0.05, 0) is 36.8 Å². The third-order valence-corrected chi connectivity index (χ3v) is 6.45. The predicted octanol–water partition coefficient (Wildman–Crippen LogP) is 3.17. The topological polar surface area (TPSA) is 52.7 Å². The van der Waals surface area contributed by atoms with Crippen LogP contribution in [0.15, 0.2) is 30.3 Å². The molecule has 0 spiro atoms. The van der Waals surface area contributed by atoms with Gasteiger partial charge in [-0.2, -0.15) is 0 Å². The lowest BCUT2D eigenvalue weighted by molar-refractivity contribution is -0.129. The summed E-state index contributed by atoms with van der Waals surface area (Å²) in [5.41, 5.74) is 0.745. The van der Waals surface area contributed by atoms with Crippen LogP contribution in [-0.4, -0.2) is 60.4 Å². The number of piperazine rings is 1. The number of hydrogen-bond acceptors (Lipinski definition) is 3. The summed E-state index contributed by atoms with van der Waals surface area (Å²) >= 11 is 0. The number of nitrogens with zero attached hydrogens (tertiary/aromatic N) is 2. The largest absolute Gasteiger partial charge is 0.354 e. The lowest BCUT2D eigenvalue weighted by Gasteiger charge is -2.41. The van der Waals surface area contributed by atoms with Crippen LogP contribution in [0.3, 0.4) is 0 Å². The van der Waals surface area contributed by atoms with Crippen molar-refractivity contribution in [3.63, 3.8) is 0 Å². The van der Waals surface area contributed by atoms with Crippen LogP contribution in [0.2, 0.25) is 0 Å². The third-order valence-electron chi connectivity index (χ3n) is 6.45. The number of carbonyl (C=O) groups is 2. The first-order valence-corrected chi connectivity index (χ1v) is 11.0. The third kappa shape index (κ3) is 5.13. The molecule has 1 N–H and O–H groups in total. The Morgan fingerprint density at radius 2 is 1.71 bits per heavy atom. The zero-order valence-electron chi connectivity index (χ0n) is 17.4. The molecule has 0 bridgehead atoms. The molecule has 1 aromatic rings. The second-order valence-electron chi connectivity index (χ2n) is 8.44.